The van der Waals surface area contributed by atoms with E-state index in [1.807, 2.05) is 0 Å². The number of rotatable bonds is 3. The van der Waals surface area contributed by atoms with Crippen molar-refractivity contribution in [1.82, 2.24) is 10.6 Å². The third kappa shape index (κ3) is 3.09. The minimum absolute atomic E-state index is 0.340. The number of carbonyl (C=O) groups is 1. The number of methoxy groups -OCH3 is 1. The third-order valence-corrected chi connectivity index (χ3v) is 2.11. The monoisotopic (exact) mass is 172 g/mol. The van der Waals surface area contributed by atoms with Gasteiger partial charge in [0.25, 0.3) is 0 Å². The van der Waals surface area contributed by atoms with E-state index in [4.69, 9.17) is 0 Å². The summed E-state index contributed by atoms with van der Waals surface area (Å²) in [4.78, 5) is 10.6. The van der Waals surface area contributed by atoms with Crippen molar-refractivity contribution in [1.29, 1.82) is 0 Å². The Kier molecular flexibility index (Phi) is 3.87. The van der Waals surface area contributed by atoms with Crippen LogP contribution in [0.1, 0.15) is 19.3 Å². The molecule has 1 aliphatic heterocycles. The molecule has 4 heteroatoms. The molecule has 0 spiro atoms. The predicted octanol–water partition coefficient (Wildman–Crippen LogP) is 0.484. The van der Waals surface area contributed by atoms with Gasteiger partial charge in [-0.3, -0.25) is 0 Å². The highest BCUT2D eigenvalue weighted by Crippen LogP contribution is 2.07. The van der Waals surface area contributed by atoms with Crippen LogP contribution in [0.3, 0.4) is 0 Å². The van der Waals surface area contributed by atoms with E-state index in [0.29, 0.717) is 12.6 Å². The molecule has 0 aromatic rings. The molecule has 0 aromatic carbocycles. The Morgan fingerprint density at radius 3 is 3.17 bits per heavy atom. The summed E-state index contributed by atoms with van der Waals surface area (Å²) < 4.78 is 4.44. The van der Waals surface area contributed by atoms with E-state index in [-0.39, 0.29) is 6.09 Å². The first-order valence-electron chi connectivity index (χ1n) is 4.38. The molecule has 2 N–H and O–H groups in total. The van der Waals surface area contributed by atoms with Crippen LogP contribution in [0, 0.1) is 0 Å². The summed E-state index contributed by atoms with van der Waals surface area (Å²) in [5.74, 6) is 0. The zero-order chi connectivity index (χ0) is 8.81. The fourth-order valence-corrected chi connectivity index (χ4v) is 1.42. The van der Waals surface area contributed by atoms with Crippen LogP contribution >= 0.6 is 0 Å². The molecule has 70 valence electrons. The Balaban J connectivity index is 1.97. The molecular weight excluding hydrogens is 156 g/mol. The fraction of sp³-hybridized carbons (Fsp3) is 0.875. The maximum atomic E-state index is 10.6. The molecule has 1 unspecified atom stereocenters. The minimum atomic E-state index is -0.340. The van der Waals surface area contributed by atoms with E-state index >= 15 is 0 Å². The maximum absolute atomic E-state index is 10.6. The van der Waals surface area contributed by atoms with Crippen LogP contribution in [0.4, 0.5) is 4.79 Å². The zero-order valence-electron chi connectivity index (χ0n) is 7.43. The minimum Gasteiger partial charge on any atom is -0.453 e. The van der Waals surface area contributed by atoms with Gasteiger partial charge in [0.15, 0.2) is 0 Å². The van der Waals surface area contributed by atoms with Crippen molar-refractivity contribution in [2.24, 2.45) is 0 Å². The number of carbonyl (C=O) groups excluding carboxylic acids is 1. The quantitative estimate of drug-likeness (QED) is 0.651. The second-order valence-corrected chi connectivity index (χ2v) is 3.00. The molecule has 4 nitrogen and oxygen atoms in total. The van der Waals surface area contributed by atoms with E-state index in [2.05, 4.69) is 15.4 Å². The first-order chi connectivity index (χ1) is 5.83. The molecule has 1 fully saturated rings. The van der Waals surface area contributed by atoms with Crippen LogP contribution < -0.4 is 10.6 Å². The summed E-state index contributed by atoms with van der Waals surface area (Å²) in [6.07, 6.45) is 3.13. The highest BCUT2D eigenvalue weighted by molar-refractivity contribution is 5.66. The van der Waals surface area contributed by atoms with Gasteiger partial charge in [0.2, 0.25) is 0 Å². The Morgan fingerprint density at radius 2 is 2.58 bits per heavy atom. The zero-order valence-corrected chi connectivity index (χ0v) is 7.43. The van der Waals surface area contributed by atoms with Gasteiger partial charge in [0, 0.05) is 12.6 Å². The first-order valence-corrected chi connectivity index (χ1v) is 4.38. The average Bonchev–Trinajstić information content (AvgIpc) is 2.57. The van der Waals surface area contributed by atoms with E-state index in [0.717, 1.165) is 13.0 Å². The van der Waals surface area contributed by atoms with Gasteiger partial charge in [0.05, 0.1) is 7.11 Å². The number of nitrogens with one attached hydrogen (secondary N) is 2. The van der Waals surface area contributed by atoms with Crippen molar-refractivity contribution in [2.45, 2.75) is 25.3 Å². The van der Waals surface area contributed by atoms with Gasteiger partial charge in [-0.1, -0.05) is 0 Å². The van der Waals surface area contributed by atoms with Gasteiger partial charge >= 0.3 is 6.09 Å². The summed E-state index contributed by atoms with van der Waals surface area (Å²) in [5.41, 5.74) is 0. The van der Waals surface area contributed by atoms with Gasteiger partial charge in [-0.05, 0) is 25.8 Å². The van der Waals surface area contributed by atoms with Crippen LogP contribution in [0.2, 0.25) is 0 Å². The number of hydrogen-bond donors (Lipinski definition) is 2. The summed E-state index contributed by atoms with van der Waals surface area (Å²) >= 11 is 0. The van der Waals surface area contributed by atoms with Crippen molar-refractivity contribution >= 4 is 6.09 Å². The normalized spacial score (nSPS) is 22.2. The fourth-order valence-electron chi connectivity index (χ4n) is 1.42. The molecule has 0 bridgehead atoms. The molecule has 12 heavy (non-hydrogen) atoms. The lowest BCUT2D eigenvalue weighted by atomic mass is 10.2. The summed E-state index contributed by atoms with van der Waals surface area (Å²) in [6, 6.07) is 0.585. The molecule has 1 rings (SSSR count). The standard InChI is InChI=1S/C8H16N2O2/c1-12-8(11)10-6-4-7-3-2-5-9-7/h7,9H,2-6H2,1H3,(H,10,11). The smallest absolute Gasteiger partial charge is 0.406 e. The third-order valence-electron chi connectivity index (χ3n) is 2.11. The molecule has 1 aliphatic rings. The van der Waals surface area contributed by atoms with Gasteiger partial charge in [0.1, 0.15) is 0 Å². The number of alkyl carbamates (subject to hydrolysis) is 1. The van der Waals surface area contributed by atoms with Crippen molar-refractivity contribution < 1.29 is 9.53 Å². The number of ether oxygens (including phenoxy) is 1. The Bertz CT molecular complexity index is 144. The van der Waals surface area contributed by atoms with Crippen molar-refractivity contribution in [3.8, 4) is 0 Å². The van der Waals surface area contributed by atoms with Crippen molar-refractivity contribution in [3.05, 3.63) is 0 Å². The van der Waals surface area contributed by atoms with Crippen molar-refractivity contribution in [3.63, 3.8) is 0 Å². The second-order valence-electron chi connectivity index (χ2n) is 3.00. The lowest BCUT2D eigenvalue weighted by Crippen LogP contribution is -2.30. The van der Waals surface area contributed by atoms with Gasteiger partial charge in [-0.15, -0.1) is 0 Å². The predicted molar refractivity (Wildman–Crippen MR) is 46.0 cm³/mol. The molecule has 1 amide bonds. The summed E-state index contributed by atoms with van der Waals surface area (Å²) in [6.45, 7) is 1.81. The van der Waals surface area contributed by atoms with Gasteiger partial charge < -0.3 is 15.4 Å². The molecule has 1 saturated heterocycles. The number of amides is 1. The SMILES string of the molecule is COC(=O)NCCC1CCCN1. The van der Waals surface area contributed by atoms with E-state index < -0.39 is 0 Å². The van der Waals surface area contributed by atoms with Gasteiger partial charge in [-0.2, -0.15) is 0 Å². The lowest BCUT2D eigenvalue weighted by molar-refractivity contribution is 0.170. The largest absolute Gasteiger partial charge is 0.453 e. The molecule has 0 radical (unpaired) electrons. The average molecular weight is 172 g/mol. The van der Waals surface area contributed by atoms with Crippen LogP contribution in [0.15, 0.2) is 0 Å². The van der Waals surface area contributed by atoms with Crippen LogP contribution in [-0.4, -0.2) is 32.3 Å². The summed E-state index contributed by atoms with van der Waals surface area (Å²) in [5, 5.41) is 6.01. The highest BCUT2D eigenvalue weighted by Gasteiger charge is 2.13. The highest BCUT2D eigenvalue weighted by atomic mass is 16.5. The Morgan fingerprint density at radius 1 is 1.75 bits per heavy atom. The Hall–Kier alpha value is -0.770. The lowest BCUT2D eigenvalue weighted by Gasteiger charge is -2.09. The van der Waals surface area contributed by atoms with Crippen LogP contribution in [-0.2, 0) is 4.74 Å². The Labute approximate surface area is 72.7 Å². The van der Waals surface area contributed by atoms with Crippen molar-refractivity contribution in [2.75, 3.05) is 20.2 Å². The number of hydrogen-bond acceptors (Lipinski definition) is 3. The van der Waals surface area contributed by atoms with Crippen LogP contribution in [0.5, 0.6) is 0 Å². The first kappa shape index (κ1) is 9.32. The van der Waals surface area contributed by atoms with E-state index in [1.54, 1.807) is 0 Å². The molecule has 1 atom stereocenters. The molecule has 1 heterocycles. The van der Waals surface area contributed by atoms with E-state index in [9.17, 15) is 4.79 Å². The van der Waals surface area contributed by atoms with E-state index in [1.165, 1.54) is 20.0 Å². The molecule has 0 aliphatic carbocycles. The van der Waals surface area contributed by atoms with Gasteiger partial charge in [-0.25, -0.2) is 4.79 Å². The maximum Gasteiger partial charge on any atom is 0.406 e. The second kappa shape index (κ2) is 4.98. The molecule has 0 saturated carbocycles. The summed E-state index contributed by atoms with van der Waals surface area (Å²) in [7, 11) is 1.38. The molecular formula is C8H16N2O2. The topological polar surface area (TPSA) is 50.4 Å². The molecule has 0 aromatic heterocycles. The van der Waals surface area contributed by atoms with Crippen LogP contribution in [0.25, 0.3) is 0 Å².